The minimum atomic E-state index is -0.828. The van der Waals surface area contributed by atoms with Gasteiger partial charge >= 0.3 is 0 Å². The van der Waals surface area contributed by atoms with E-state index in [1.54, 1.807) is 35.1 Å². The summed E-state index contributed by atoms with van der Waals surface area (Å²) in [7, 11) is 3.84. The molecule has 0 unspecified atom stereocenters. The molecule has 3 aromatic carbocycles. The van der Waals surface area contributed by atoms with Gasteiger partial charge in [-0.2, -0.15) is 0 Å². The molecule has 0 bridgehead atoms. The minimum Gasteiger partial charge on any atom is -0.379 e. The van der Waals surface area contributed by atoms with Gasteiger partial charge in [-0.15, -0.1) is 5.10 Å². The highest BCUT2D eigenvalue weighted by Gasteiger charge is 2.23. The lowest BCUT2D eigenvalue weighted by molar-refractivity contribution is 0.0793. The van der Waals surface area contributed by atoms with Gasteiger partial charge in [-0.1, -0.05) is 11.3 Å². The first-order valence-corrected chi connectivity index (χ1v) is 12.9. The second kappa shape index (κ2) is 11.5. The van der Waals surface area contributed by atoms with E-state index < -0.39 is 17.5 Å². The highest BCUT2D eigenvalue weighted by atomic mass is 19.1. The summed E-state index contributed by atoms with van der Waals surface area (Å²) >= 11 is 0. The van der Waals surface area contributed by atoms with Gasteiger partial charge in [-0.05, 0) is 61.4 Å². The Bertz CT molecular complexity index is 1530. The summed E-state index contributed by atoms with van der Waals surface area (Å²) < 4.78 is 28.5. The van der Waals surface area contributed by atoms with Crippen molar-refractivity contribution < 1.29 is 18.4 Å². The van der Waals surface area contributed by atoms with E-state index in [2.05, 4.69) is 20.9 Å². The van der Waals surface area contributed by atoms with Crippen LogP contribution in [0.3, 0.4) is 0 Å². The standard InChI is InChI=1S/C29H29F2N7O2/c1-36(2)27-9-8-22(16-26(27)29(40)37-10-3-4-11-37)32-17-24-18-38(35-34-24)25-7-5-6-23(15-25)33-28(39)19-12-20(30)14-21(31)13-19/h5-9,12-16,18,32H,3-4,10-11,17H2,1-2H3,(H,33,39). The molecule has 11 heteroatoms. The molecular formula is C29H29F2N7O2. The van der Waals surface area contributed by atoms with Crippen LogP contribution >= 0.6 is 0 Å². The van der Waals surface area contributed by atoms with E-state index in [1.165, 1.54) is 0 Å². The largest absolute Gasteiger partial charge is 0.379 e. The number of likely N-dealkylation sites (tertiary alicyclic amines) is 1. The first kappa shape index (κ1) is 26.8. The highest BCUT2D eigenvalue weighted by molar-refractivity contribution is 6.04. The van der Waals surface area contributed by atoms with Crippen LogP contribution in [0.25, 0.3) is 5.69 Å². The van der Waals surface area contributed by atoms with Crippen LogP contribution in [-0.4, -0.2) is 58.9 Å². The lowest BCUT2D eigenvalue weighted by Crippen LogP contribution is -2.29. The average molecular weight is 546 g/mol. The van der Waals surface area contributed by atoms with E-state index in [9.17, 15) is 18.4 Å². The average Bonchev–Trinajstić information content (AvgIpc) is 3.64. The number of amides is 2. The number of nitrogens with zero attached hydrogens (tertiary/aromatic N) is 5. The fourth-order valence-corrected chi connectivity index (χ4v) is 4.61. The SMILES string of the molecule is CN(C)c1ccc(NCc2cn(-c3cccc(NC(=O)c4cc(F)cc(F)c4)c3)nn2)cc1C(=O)N1CCCC1. The lowest BCUT2D eigenvalue weighted by Gasteiger charge is -2.22. The van der Waals surface area contributed by atoms with Crippen LogP contribution in [0.2, 0.25) is 0 Å². The topological polar surface area (TPSA) is 95.4 Å². The molecule has 1 aliphatic heterocycles. The van der Waals surface area contributed by atoms with Crippen molar-refractivity contribution in [2.45, 2.75) is 19.4 Å². The van der Waals surface area contributed by atoms with Gasteiger partial charge in [-0.3, -0.25) is 9.59 Å². The summed E-state index contributed by atoms with van der Waals surface area (Å²) in [5.74, 6) is -2.26. The molecule has 1 fully saturated rings. The van der Waals surface area contributed by atoms with Gasteiger partial charge in [0.25, 0.3) is 11.8 Å². The van der Waals surface area contributed by atoms with Gasteiger partial charge in [0.2, 0.25) is 0 Å². The first-order chi connectivity index (χ1) is 19.3. The zero-order valence-electron chi connectivity index (χ0n) is 22.2. The van der Waals surface area contributed by atoms with Gasteiger partial charge in [0.15, 0.2) is 0 Å². The summed E-state index contributed by atoms with van der Waals surface area (Å²) in [5.41, 5.74) is 3.91. The number of benzene rings is 3. The molecule has 2 N–H and O–H groups in total. The van der Waals surface area contributed by atoms with E-state index in [0.29, 0.717) is 35.2 Å². The molecule has 0 spiro atoms. The van der Waals surface area contributed by atoms with Crippen LogP contribution in [-0.2, 0) is 6.54 Å². The van der Waals surface area contributed by atoms with Crippen LogP contribution < -0.4 is 15.5 Å². The monoisotopic (exact) mass is 545 g/mol. The molecule has 0 atom stereocenters. The summed E-state index contributed by atoms with van der Waals surface area (Å²) in [6.45, 7) is 1.93. The van der Waals surface area contributed by atoms with Gasteiger partial charge in [0, 0.05) is 55.9 Å². The molecule has 1 aliphatic rings. The van der Waals surface area contributed by atoms with Crippen molar-refractivity contribution in [3.05, 3.63) is 95.3 Å². The van der Waals surface area contributed by atoms with E-state index in [0.717, 1.165) is 49.4 Å². The van der Waals surface area contributed by atoms with Gasteiger partial charge < -0.3 is 20.4 Å². The van der Waals surface area contributed by atoms with Gasteiger partial charge in [-0.25, -0.2) is 13.5 Å². The summed E-state index contributed by atoms with van der Waals surface area (Å²) in [6, 6.07) is 15.2. The Labute approximate surface area is 230 Å². The Balaban J connectivity index is 1.26. The Morgan fingerprint density at radius 3 is 2.42 bits per heavy atom. The number of hydrogen-bond acceptors (Lipinski definition) is 6. The van der Waals surface area contributed by atoms with Crippen molar-refractivity contribution in [2.24, 2.45) is 0 Å². The van der Waals surface area contributed by atoms with Crippen molar-refractivity contribution in [3.63, 3.8) is 0 Å². The fraction of sp³-hybridized carbons (Fsp3) is 0.241. The third kappa shape index (κ3) is 6.09. The predicted octanol–water partition coefficient (Wildman–Crippen LogP) is 4.71. The Hall–Kier alpha value is -4.80. The Morgan fingerprint density at radius 2 is 1.70 bits per heavy atom. The second-order valence-corrected chi connectivity index (χ2v) is 9.80. The maximum atomic E-state index is 13.5. The smallest absolute Gasteiger partial charge is 0.256 e. The molecule has 1 saturated heterocycles. The van der Waals surface area contributed by atoms with E-state index in [-0.39, 0.29) is 11.5 Å². The molecule has 0 radical (unpaired) electrons. The number of rotatable bonds is 8. The van der Waals surface area contributed by atoms with Gasteiger partial charge in [0.1, 0.15) is 17.3 Å². The van der Waals surface area contributed by atoms with Crippen LogP contribution in [0.5, 0.6) is 0 Å². The number of nitrogens with one attached hydrogen (secondary N) is 2. The molecule has 1 aromatic heterocycles. The highest BCUT2D eigenvalue weighted by Crippen LogP contribution is 2.26. The molecular weight excluding hydrogens is 516 g/mol. The van der Waals surface area contributed by atoms with Gasteiger partial charge in [0.05, 0.1) is 24.0 Å². The molecule has 0 saturated carbocycles. The molecule has 9 nitrogen and oxygen atoms in total. The summed E-state index contributed by atoms with van der Waals surface area (Å²) in [4.78, 5) is 29.5. The molecule has 5 rings (SSSR count). The lowest BCUT2D eigenvalue weighted by atomic mass is 10.1. The van der Waals surface area contributed by atoms with Crippen molar-refractivity contribution in [1.82, 2.24) is 19.9 Å². The summed E-state index contributed by atoms with van der Waals surface area (Å²) in [5, 5.41) is 14.4. The van der Waals surface area contributed by atoms with Crippen LogP contribution in [0, 0.1) is 11.6 Å². The normalized spacial score (nSPS) is 12.8. The van der Waals surface area contributed by atoms with E-state index in [1.807, 2.05) is 42.1 Å². The number of hydrogen-bond donors (Lipinski definition) is 2. The summed E-state index contributed by atoms with van der Waals surface area (Å²) in [6.07, 6.45) is 3.80. The second-order valence-electron chi connectivity index (χ2n) is 9.80. The molecule has 40 heavy (non-hydrogen) atoms. The molecule has 4 aromatic rings. The van der Waals surface area contributed by atoms with Crippen molar-refractivity contribution in [1.29, 1.82) is 0 Å². The third-order valence-electron chi connectivity index (χ3n) is 6.61. The molecule has 0 aliphatic carbocycles. The zero-order chi connectivity index (χ0) is 28.2. The maximum absolute atomic E-state index is 13.5. The Kier molecular flexibility index (Phi) is 7.72. The molecule has 2 amide bonds. The third-order valence-corrected chi connectivity index (χ3v) is 6.61. The number of halogens is 2. The number of aromatic nitrogens is 3. The van der Waals surface area contributed by atoms with Crippen molar-refractivity contribution >= 4 is 28.9 Å². The number of carbonyl (C=O) groups excluding carboxylic acids is 2. The Morgan fingerprint density at radius 1 is 0.950 bits per heavy atom. The predicted molar refractivity (Wildman–Crippen MR) is 149 cm³/mol. The molecule has 2 heterocycles. The van der Waals surface area contributed by atoms with E-state index >= 15 is 0 Å². The van der Waals surface area contributed by atoms with Crippen LogP contribution in [0.4, 0.5) is 25.8 Å². The first-order valence-electron chi connectivity index (χ1n) is 12.9. The molecule has 206 valence electrons. The van der Waals surface area contributed by atoms with Crippen molar-refractivity contribution in [2.75, 3.05) is 42.7 Å². The zero-order valence-corrected chi connectivity index (χ0v) is 22.2. The quantitative estimate of drug-likeness (QED) is 0.333. The van der Waals surface area contributed by atoms with Crippen molar-refractivity contribution in [3.8, 4) is 5.69 Å². The van der Waals surface area contributed by atoms with E-state index in [4.69, 9.17) is 0 Å². The fourth-order valence-electron chi connectivity index (χ4n) is 4.61. The number of carbonyl (C=O) groups is 2. The maximum Gasteiger partial charge on any atom is 0.256 e. The number of anilines is 3. The van der Waals surface area contributed by atoms with Crippen LogP contribution in [0.1, 0.15) is 39.3 Å². The minimum absolute atomic E-state index is 0.0327. The van der Waals surface area contributed by atoms with Crippen LogP contribution in [0.15, 0.2) is 66.9 Å².